The number of hydrogen-bond donors (Lipinski definition) is 0. The van der Waals surface area contributed by atoms with Crippen LogP contribution in [0.1, 0.15) is 50.7 Å². The zero-order chi connectivity index (χ0) is 38.2. The summed E-state index contributed by atoms with van der Waals surface area (Å²) in [5, 5.41) is 22.8. The van der Waals surface area contributed by atoms with Crippen molar-refractivity contribution in [1.29, 1.82) is 10.5 Å². The molecule has 2 heterocycles. The van der Waals surface area contributed by atoms with Gasteiger partial charge in [0.25, 0.3) is 0 Å². The lowest BCUT2D eigenvalue weighted by Crippen LogP contribution is -2.36. The summed E-state index contributed by atoms with van der Waals surface area (Å²) < 4.78 is 33.6. The summed E-state index contributed by atoms with van der Waals surface area (Å²) in [6, 6.07) is 24.8. The SMILES string of the molecule is CCCC(=O)Oc1ccc2cc(/C=C(\C#N)C(=O)O[C@H]3CO[C@H]4[C@@H]3OC[C@H]4OC(=O)/C(C#N)=C/c3ccc4cc(OC(=O)CCC)ccc4c3)ccc2c1. The number of esters is 4. The van der Waals surface area contributed by atoms with Gasteiger partial charge in [0.2, 0.25) is 0 Å². The molecule has 4 atom stereocenters. The molecule has 0 aromatic heterocycles. The molecule has 2 aliphatic heterocycles. The van der Waals surface area contributed by atoms with E-state index in [0.29, 0.717) is 48.3 Å². The zero-order valence-corrected chi connectivity index (χ0v) is 29.6. The smallest absolute Gasteiger partial charge is 0.349 e. The van der Waals surface area contributed by atoms with Gasteiger partial charge in [-0.25, -0.2) is 9.59 Å². The molecule has 0 amide bonds. The quantitative estimate of drug-likeness (QED) is 0.0669. The Bertz CT molecular complexity index is 2100. The second kappa shape index (κ2) is 17.0. The van der Waals surface area contributed by atoms with E-state index >= 15 is 0 Å². The number of ether oxygens (including phenoxy) is 6. The third kappa shape index (κ3) is 8.81. The number of hydrogen-bond acceptors (Lipinski definition) is 12. The minimum atomic E-state index is -0.868. The van der Waals surface area contributed by atoms with E-state index in [2.05, 4.69) is 0 Å². The first-order valence-corrected chi connectivity index (χ1v) is 17.6. The molecule has 0 bridgehead atoms. The van der Waals surface area contributed by atoms with Crippen LogP contribution in [0, 0.1) is 22.7 Å². The van der Waals surface area contributed by atoms with Crippen molar-refractivity contribution in [2.24, 2.45) is 0 Å². The standard InChI is InChI=1S/C42H36N2O10/c1-3-5-37(45)51-33-13-11-27-15-25(7-9-29(27)19-33)17-31(21-43)41(47)53-35-23-49-40-36(24-50-39(35)40)54-42(48)32(22-44)18-26-8-10-30-20-34(14-12-28(30)16-26)52-38(46)6-4-2/h7-20,35-36,39-40H,3-6,23-24H2,1-2H3/b31-17+,32-18+/t35-,36+,39-,40-/m1/s1. The number of nitrogens with zero attached hydrogens (tertiary/aromatic N) is 2. The molecule has 12 heteroatoms. The maximum Gasteiger partial charge on any atom is 0.349 e. The lowest BCUT2D eigenvalue weighted by Gasteiger charge is -2.17. The van der Waals surface area contributed by atoms with Crippen molar-refractivity contribution in [1.82, 2.24) is 0 Å². The van der Waals surface area contributed by atoms with Crippen LogP contribution in [-0.2, 0) is 38.1 Å². The topological polar surface area (TPSA) is 171 Å². The van der Waals surface area contributed by atoms with Crippen LogP contribution in [0.3, 0.4) is 0 Å². The fraction of sp³-hybridized carbons (Fsp3) is 0.286. The van der Waals surface area contributed by atoms with Gasteiger partial charge in [0.1, 0.15) is 47.0 Å². The van der Waals surface area contributed by atoms with Crippen LogP contribution in [0.5, 0.6) is 11.5 Å². The molecule has 0 radical (unpaired) electrons. The van der Waals surface area contributed by atoms with Gasteiger partial charge in [-0.05, 0) is 94.1 Å². The Morgan fingerprint density at radius 1 is 0.630 bits per heavy atom. The van der Waals surface area contributed by atoms with Gasteiger partial charge in [-0.1, -0.05) is 50.2 Å². The van der Waals surface area contributed by atoms with Gasteiger partial charge < -0.3 is 28.4 Å². The number of carbonyl (C=O) groups excluding carboxylic acids is 4. The van der Waals surface area contributed by atoms with Gasteiger partial charge in [0.05, 0.1) is 13.2 Å². The number of benzene rings is 4. The summed E-state index contributed by atoms with van der Waals surface area (Å²) in [6.07, 6.45) is 1.60. The largest absolute Gasteiger partial charge is 0.453 e. The molecule has 6 rings (SSSR count). The van der Waals surface area contributed by atoms with Crippen molar-refractivity contribution in [2.75, 3.05) is 13.2 Å². The van der Waals surface area contributed by atoms with E-state index in [9.17, 15) is 29.7 Å². The van der Waals surface area contributed by atoms with Crippen LogP contribution in [0.25, 0.3) is 33.7 Å². The fourth-order valence-corrected chi connectivity index (χ4v) is 6.20. The molecule has 0 aliphatic carbocycles. The van der Waals surface area contributed by atoms with E-state index in [-0.39, 0.29) is 36.3 Å². The first-order valence-electron chi connectivity index (χ1n) is 17.6. The summed E-state index contributed by atoms with van der Waals surface area (Å²) in [5.74, 6) is -1.49. The highest BCUT2D eigenvalue weighted by molar-refractivity contribution is 6.00. The van der Waals surface area contributed by atoms with Gasteiger partial charge in [0.15, 0.2) is 12.2 Å². The Balaban J connectivity index is 1.06. The maximum atomic E-state index is 13.1. The second-order valence-electron chi connectivity index (χ2n) is 12.8. The van der Waals surface area contributed by atoms with E-state index in [4.69, 9.17) is 28.4 Å². The molecule has 12 nitrogen and oxygen atoms in total. The molecule has 2 saturated heterocycles. The normalized spacial score (nSPS) is 19.4. The van der Waals surface area contributed by atoms with E-state index in [0.717, 1.165) is 21.5 Å². The van der Waals surface area contributed by atoms with Crippen LogP contribution in [0.15, 0.2) is 83.9 Å². The van der Waals surface area contributed by atoms with Crippen molar-refractivity contribution >= 4 is 57.6 Å². The number of carbonyl (C=O) groups is 4. The van der Waals surface area contributed by atoms with Crippen LogP contribution < -0.4 is 9.47 Å². The lowest BCUT2D eigenvalue weighted by atomic mass is 10.0. The summed E-state index contributed by atoms with van der Waals surface area (Å²) in [5.41, 5.74) is 0.691. The second-order valence-corrected chi connectivity index (χ2v) is 12.8. The summed E-state index contributed by atoms with van der Waals surface area (Å²) >= 11 is 0. The summed E-state index contributed by atoms with van der Waals surface area (Å²) in [7, 11) is 0. The molecule has 0 unspecified atom stereocenters. The number of fused-ring (bicyclic) bond motifs is 3. The Morgan fingerprint density at radius 2 is 1.02 bits per heavy atom. The minimum absolute atomic E-state index is 0.0491. The molecule has 4 aromatic carbocycles. The highest BCUT2D eigenvalue weighted by Gasteiger charge is 2.51. The monoisotopic (exact) mass is 728 g/mol. The minimum Gasteiger partial charge on any atom is -0.453 e. The average Bonchev–Trinajstić information content (AvgIpc) is 3.75. The van der Waals surface area contributed by atoms with E-state index < -0.39 is 36.4 Å². The fourth-order valence-electron chi connectivity index (χ4n) is 6.20. The van der Waals surface area contributed by atoms with E-state index in [1.807, 2.05) is 26.0 Å². The molecular formula is C42H36N2O10. The van der Waals surface area contributed by atoms with Crippen molar-refractivity contribution in [3.05, 3.63) is 95.1 Å². The molecule has 2 aliphatic rings. The highest BCUT2D eigenvalue weighted by Crippen LogP contribution is 2.32. The Morgan fingerprint density at radius 3 is 1.41 bits per heavy atom. The van der Waals surface area contributed by atoms with Crippen molar-refractivity contribution in [3.63, 3.8) is 0 Å². The zero-order valence-electron chi connectivity index (χ0n) is 29.6. The third-order valence-corrected chi connectivity index (χ3v) is 8.83. The van der Waals surface area contributed by atoms with Crippen LogP contribution in [0.4, 0.5) is 0 Å². The van der Waals surface area contributed by atoms with Crippen molar-refractivity contribution in [3.8, 4) is 23.6 Å². The molecule has 54 heavy (non-hydrogen) atoms. The third-order valence-electron chi connectivity index (χ3n) is 8.83. The van der Waals surface area contributed by atoms with Gasteiger partial charge in [-0.2, -0.15) is 10.5 Å². The number of rotatable bonds is 12. The highest BCUT2D eigenvalue weighted by atomic mass is 16.7. The van der Waals surface area contributed by atoms with Gasteiger partial charge in [-0.15, -0.1) is 0 Å². The maximum absolute atomic E-state index is 13.1. The predicted molar refractivity (Wildman–Crippen MR) is 195 cm³/mol. The number of nitriles is 2. The van der Waals surface area contributed by atoms with E-state index in [1.54, 1.807) is 72.8 Å². The first-order chi connectivity index (χ1) is 26.2. The molecular weight excluding hydrogens is 692 g/mol. The summed E-state index contributed by atoms with van der Waals surface area (Å²) in [4.78, 5) is 49.9. The first kappa shape index (κ1) is 37.4. The lowest BCUT2D eigenvalue weighted by molar-refractivity contribution is -0.150. The average molecular weight is 729 g/mol. The van der Waals surface area contributed by atoms with Crippen molar-refractivity contribution < 1.29 is 47.6 Å². The van der Waals surface area contributed by atoms with Gasteiger partial charge in [-0.3, -0.25) is 9.59 Å². The van der Waals surface area contributed by atoms with Gasteiger partial charge in [0, 0.05) is 12.8 Å². The molecule has 2 fully saturated rings. The summed E-state index contributed by atoms with van der Waals surface area (Å²) in [6.45, 7) is 3.69. The molecule has 0 spiro atoms. The van der Waals surface area contributed by atoms with Crippen LogP contribution in [-0.4, -0.2) is 61.5 Å². The van der Waals surface area contributed by atoms with Crippen LogP contribution >= 0.6 is 0 Å². The van der Waals surface area contributed by atoms with Gasteiger partial charge >= 0.3 is 23.9 Å². The Hall–Kier alpha value is -6.34. The Kier molecular flexibility index (Phi) is 11.8. The molecule has 4 aromatic rings. The Labute approximate surface area is 311 Å². The predicted octanol–water partition coefficient (Wildman–Crippen LogP) is 6.54. The molecule has 274 valence electrons. The molecule has 0 saturated carbocycles. The molecule has 0 N–H and O–H groups in total. The van der Waals surface area contributed by atoms with Crippen LogP contribution in [0.2, 0.25) is 0 Å². The van der Waals surface area contributed by atoms with Crippen molar-refractivity contribution in [2.45, 2.75) is 63.9 Å². The van der Waals surface area contributed by atoms with E-state index in [1.165, 1.54) is 12.2 Å².